The van der Waals surface area contributed by atoms with Crippen molar-refractivity contribution < 1.29 is 14.7 Å². The van der Waals surface area contributed by atoms with Crippen molar-refractivity contribution in [3.63, 3.8) is 0 Å². The van der Waals surface area contributed by atoms with Gasteiger partial charge in [-0.05, 0) is 48.0 Å². The van der Waals surface area contributed by atoms with Crippen LogP contribution in [0.5, 0.6) is 0 Å². The predicted molar refractivity (Wildman–Crippen MR) is 117 cm³/mol. The van der Waals surface area contributed by atoms with E-state index in [9.17, 15) is 14.7 Å². The van der Waals surface area contributed by atoms with Gasteiger partial charge in [-0.1, -0.05) is 71.4 Å². The first-order valence-corrected chi connectivity index (χ1v) is 10.0. The van der Waals surface area contributed by atoms with Gasteiger partial charge in [0.05, 0.1) is 10.0 Å². The van der Waals surface area contributed by atoms with E-state index in [-0.39, 0.29) is 5.70 Å². The van der Waals surface area contributed by atoms with Crippen molar-refractivity contribution in [2.45, 2.75) is 9.79 Å². The van der Waals surface area contributed by atoms with E-state index in [1.165, 1.54) is 17.8 Å². The Morgan fingerprint density at radius 3 is 2.07 bits per heavy atom. The molecular formula is C22H15Cl2NO3S. The minimum atomic E-state index is -1.23. The Bertz CT molecular complexity index is 1050. The van der Waals surface area contributed by atoms with Gasteiger partial charge in [-0.2, -0.15) is 0 Å². The molecule has 0 saturated carbocycles. The van der Waals surface area contributed by atoms with Crippen LogP contribution < -0.4 is 5.32 Å². The molecule has 0 fully saturated rings. The highest BCUT2D eigenvalue weighted by Gasteiger charge is 2.13. The normalized spacial score (nSPS) is 11.2. The van der Waals surface area contributed by atoms with Crippen molar-refractivity contribution >= 4 is 52.9 Å². The molecule has 0 aliphatic carbocycles. The van der Waals surface area contributed by atoms with Crippen LogP contribution in [0.1, 0.15) is 15.9 Å². The average Bonchev–Trinajstić information content (AvgIpc) is 2.72. The van der Waals surface area contributed by atoms with Crippen molar-refractivity contribution in [2.24, 2.45) is 0 Å². The van der Waals surface area contributed by atoms with Crippen LogP contribution in [0.4, 0.5) is 0 Å². The maximum absolute atomic E-state index is 12.2. The zero-order valence-corrected chi connectivity index (χ0v) is 17.3. The van der Waals surface area contributed by atoms with Crippen molar-refractivity contribution in [1.82, 2.24) is 5.32 Å². The van der Waals surface area contributed by atoms with E-state index < -0.39 is 11.9 Å². The number of aliphatic carboxylic acids is 1. The lowest BCUT2D eigenvalue weighted by Crippen LogP contribution is -2.27. The number of carboxylic acids is 1. The van der Waals surface area contributed by atoms with Crippen LogP contribution in [0.15, 0.2) is 88.3 Å². The summed E-state index contributed by atoms with van der Waals surface area (Å²) < 4.78 is 0. The zero-order valence-electron chi connectivity index (χ0n) is 14.9. The van der Waals surface area contributed by atoms with Crippen molar-refractivity contribution in [1.29, 1.82) is 0 Å². The Labute approximate surface area is 182 Å². The van der Waals surface area contributed by atoms with Crippen LogP contribution in [0, 0.1) is 0 Å². The number of carbonyl (C=O) groups excluding carboxylic acids is 1. The van der Waals surface area contributed by atoms with Gasteiger partial charge in [-0.3, -0.25) is 4.79 Å². The second-order valence-electron chi connectivity index (χ2n) is 5.91. The van der Waals surface area contributed by atoms with Gasteiger partial charge in [0.25, 0.3) is 5.91 Å². The van der Waals surface area contributed by atoms with E-state index in [0.717, 1.165) is 9.79 Å². The lowest BCUT2D eigenvalue weighted by atomic mass is 10.1. The lowest BCUT2D eigenvalue weighted by molar-refractivity contribution is -0.132. The summed E-state index contributed by atoms with van der Waals surface area (Å²) in [5.74, 6) is -1.71. The number of halogens is 2. The molecule has 3 aromatic carbocycles. The molecular weight excluding hydrogens is 429 g/mol. The maximum atomic E-state index is 12.2. The first-order valence-electron chi connectivity index (χ1n) is 8.47. The summed E-state index contributed by atoms with van der Waals surface area (Å²) in [5, 5.41) is 13.0. The fraction of sp³-hybridized carbons (Fsp3) is 0. The standard InChI is InChI=1S/C22H15Cl2NO3S/c23-17-7-4-8-18(24)20(17)29-16-11-9-14(10-12-16)13-19(22(27)28)25-21(26)15-5-2-1-3-6-15/h1-13H,(H,25,26)(H,27,28)/b19-13+. The molecule has 1 amide bonds. The van der Waals surface area contributed by atoms with Gasteiger partial charge in [0.15, 0.2) is 0 Å². The van der Waals surface area contributed by atoms with Gasteiger partial charge in [0.1, 0.15) is 5.70 Å². The second-order valence-corrected chi connectivity index (χ2v) is 7.80. The molecule has 29 heavy (non-hydrogen) atoms. The highest BCUT2D eigenvalue weighted by atomic mass is 35.5. The van der Waals surface area contributed by atoms with Crippen LogP contribution >= 0.6 is 35.0 Å². The number of rotatable bonds is 6. The Morgan fingerprint density at radius 2 is 1.48 bits per heavy atom. The van der Waals surface area contributed by atoms with E-state index in [1.54, 1.807) is 60.7 Å². The Hall–Kier alpha value is -2.73. The van der Waals surface area contributed by atoms with Crippen molar-refractivity contribution in [3.8, 4) is 0 Å². The largest absolute Gasteiger partial charge is 0.477 e. The molecule has 7 heteroatoms. The van der Waals surface area contributed by atoms with E-state index in [2.05, 4.69) is 5.32 Å². The first-order chi connectivity index (χ1) is 13.9. The molecule has 146 valence electrons. The van der Waals surface area contributed by atoms with Gasteiger partial charge in [-0.15, -0.1) is 0 Å². The maximum Gasteiger partial charge on any atom is 0.352 e. The third-order valence-electron chi connectivity index (χ3n) is 3.84. The highest BCUT2D eigenvalue weighted by molar-refractivity contribution is 7.99. The summed E-state index contributed by atoms with van der Waals surface area (Å²) in [7, 11) is 0. The molecule has 0 atom stereocenters. The fourth-order valence-corrected chi connectivity index (χ4v) is 3.90. The van der Waals surface area contributed by atoms with Crippen molar-refractivity contribution in [2.75, 3.05) is 0 Å². The number of hydrogen-bond donors (Lipinski definition) is 2. The number of hydrogen-bond acceptors (Lipinski definition) is 3. The summed E-state index contributed by atoms with van der Waals surface area (Å²) in [6.45, 7) is 0. The average molecular weight is 444 g/mol. The SMILES string of the molecule is O=C(O)/C(=C\c1ccc(Sc2c(Cl)cccc2Cl)cc1)NC(=O)c1ccccc1. The predicted octanol–water partition coefficient (Wildman–Crippen LogP) is 6.00. The summed E-state index contributed by atoms with van der Waals surface area (Å²) in [4.78, 5) is 25.4. The molecule has 3 aromatic rings. The quantitative estimate of drug-likeness (QED) is 0.458. The van der Waals surface area contributed by atoms with E-state index in [1.807, 2.05) is 12.1 Å². The molecule has 0 aliphatic rings. The monoisotopic (exact) mass is 443 g/mol. The smallest absolute Gasteiger partial charge is 0.352 e. The molecule has 0 heterocycles. The number of nitrogens with one attached hydrogen (secondary N) is 1. The summed E-state index contributed by atoms with van der Waals surface area (Å²) >= 11 is 13.8. The fourth-order valence-electron chi connectivity index (χ4n) is 2.43. The molecule has 0 saturated heterocycles. The molecule has 2 N–H and O–H groups in total. The van der Waals surface area contributed by atoms with Crippen LogP contribution in [-0.2, 0) is 4.79 Å². The Kier molecular flexibility index (Phi) is 6.99. The highest BCUT2D eigenvalue weighted by Crippen LogP contribution is 2.38. The van der Waals surface area contributed by atoms with Gasteiger partial charge in [-0.25, -0.2) is 4.79 Å². The molecule has 3 rings (SSSR count). The van der Waals surface area contributed by atoms with E-state index in [0.29, 0.717) is 21.2 Å². The molecule has 0 aliphatic heterocycles. The van der Waals surface area contributed by atoms with E-state index >= 15 is 0 Å². The molecule has 0 bridgehead atoms. The Balaban J connectivity index is 1.77. The molecule has 0 aromatic heterocycles. The van der Waals surface area contributed by atoms with Gasteiger partial charge >= 0.3 is 5.97 Å². The minimum absolute atomic E-state index is 0.214. The van der Waals surface area contributed by atoms with Crippen LogP contribution in [-0.4, -0.2) is 17.0 Å². The van der Waals surface area contributed by atoms with Gasteiger partial charge in [0.2, 0.25) is 0 Å². The van der Waals surface area contributed by atoms with E-state index in [4.69, 9.17) is 23.2 Å². The summed E-state index contributed by atoms with van der Waals surface area (Å²) in [6, 6.07) is 20.9. The minimum Gasteiger partial charge on any atom is -0.477 e. The summed E-state index contributed by atoms with van der Waals surface area (Å²) in [5.41, 5.74) is 0.793. The number of carbonyl (C=O) groups is 2. The molecule has 0 spiro atoms. The molecule has 0 radical (unpaired) electrons. The van der Waals surface area contributed by atoms with Crippen LogP contribution in [0.3, 0.4) is 0 Å². The summed E-state index contributed by atoms with van der Waals surface area (Å²) in [6.07, 6.45) is 1.40. The Morgan fingerprint density at radius 1 is 0.862 bits per heavy atom. The number of benzene rings is 3. The lowest BCUT2D eigenvalue weighted by Gasteiger charge is -2.08. The van der Waals surface area contributed by atoms with Gasteiger partial charge in [0, 0.05) is 15.4 Å². The molecule has 0 unspecified atom stereocenters. The second kappa shape index (κ2) is 9.65. The topological polar surface area (TPSA) is 66.4 Å². The van der Waals surface area contributed by atoms with Crippen LogP contribution in [0.25, 0.3) is 6.08 Å². The zero-order chi connectivity index (χ0) is 20.8. The molecule has 4 nitrogen and oxygen atoms in total. The number of carboxylic acid groups (broad SMARTS) is 1. The third-order valence-corrected chi connectivity index (χ3v) is 5.85. The van der Waals surface area contributed by atoms with Crippen molar-refractivity contribution in [3.05, 3.63) is 99.7 Å². The van der Waals surface area contributed by atoms with Gasteiger partial charge < -0.3 is 10.4 Å². The number of amides is 1. The first kappa shape index (κ1) is 21.0. The van der Waals surface area contributed by atoms with Crippen LogP contribution in [0.2, 0.25) is 10.0 Å². The third kappa shape index (κ3) is 5.64.